The van der Waals surface area contributed by atoms with E-state index in [9.17, 15) is 4.79 Å². The summed E-state index contributed by atoms with van der Waals surface area (Å²) in [6.07, 6.45) is 0. The Bertz CT molecular complexity index is 764. The van der Waals surface area contributed by atoms with E-state index in [1.54, 1.807) is 6.07 Å². The molecule has 0 N–H and O–H groups in total. The van der Waals surface area contributed by atoms with Crippen molar-refractivity contribution in [1.29, 1.82) is 0 Å². The minimum Gasteiger partial charge on any atom is -0.459 e. The second kappa shape index (κ2) is 6.21. The predicted octanol–water partition coefficient (Wildman–Crippen LogP) is 1.98. The number of tetrazole rings is 1. The van der Waals surface area contributed by atoms with E-state index in [1.807, 2.05) is 43.3 Å². The van der Waals surface area contributed by atoms with Gasteiger partial charge in [0.1, 0.15) is 12.4 Å². The maximum Gasteiger partial charge on any atom is 0.330 e. The molecule has 0 fully saturated rings. The molecule has 0 bridgehead atoms. The van der Waals surface area contributed by atoms with Gasteiger partial charge in [-0.2, -0.15) is 4.80 Å². The highest BCUT2D eigenvalue weighted by Crippen LogP contribution is 2.16. The van der Waals surface area contributed by atoms with Gasteiger partial charge in [-0.3, -0.25) is 0 Å². The van der Waals surface area contributed by atoms with Crippen molar-refractivity contribution in [3.05, 3.63) is 53.8 Å². The number of nitrogens with zero attached hydrogens (tertiary/aromatic N) is 4. The van der Waals surface area contributed by atoms with Gasteiger partial charge in [-0.15, -0.1) is 10.2 Å². The summed E-state index contributed by atoms with van der Waals surface area (Å²) in [5.74, 6) is 1.18. The summed E-state index contributed by atoms with van der Waals surface area (Å²) in [4.78, 5) is 12.9. The van der Waals surface area contributed by atoms with Crippen molar-refractivity contribution in [3.8, 4) is 11.6 Å². The zero-order chi connectivity index (χ0) is 15.4. The van der Waals surface area contributed by atoms with Crippen molar-refractivity contribution in [1.82, 2.24) is 20.2 Å². The number of esters is 1. The first-order valence-electron chi connectivity index (χ1n) is 6.75. The smallest absolute Gasteiger partial charge is 0.330 e. The Morgan fingerprint density at radius 2 is 2.05 bits per heavy atom. The summed E-state index contributed by atoms with van der Waals surface area (Å²) < 4.78 is 10.6. The van der Waals surface area contributed by atoms with Crippen molar-refractivity contribution in [3.63, 3.8) is 0 Å². The number of aromatic nitrogens is 4. The number of aryl methyl sites for hydroxylation is 1. The molecule has 0 aliphatic rings. The van der Waals surface area contributed by atoms with E-state index in [0.717, 1.165) is 11.3 Å². The molecule has 1 aromatic carbocycles. The Balaban J connectivity index is 1.57. The zero-order valence-corrected chi connectivity index (χ0v) is 12.0. The van der Waals surface area contributed by atoms with E-state index in [1.165, 1.54) is 4.80 Å². The van der Waals surface area contributed by atoms with Crippen molar-refractivity contribution in [2.24, 2.45) is 0 Å². The molecule has 0 radical (unpaired) electrons. The molecule has 0 amide bonds. The molecule has 2 heterocycles. The van der Waals surface area contributed by atoms with Crippen LogP contribution in [0.25, 0.3) is 11.6 Å². The summed E-state index contributed by atoms with van der Waals surface area (Å²) in [7, 11) is 0. The third-order valence-corrected chi connectivity index (χ3v) is 2.93. The maximum absolute atomic E-state index is 11.8. The second-order valence-electron chi connectivity index (χ2n) is 4.70. The van der Waals surface area contributed by atoms with Crippen LogP contribution in [-0.4, -0.2) is 26.2 Å². The SMILES string of the molecule is Cc1ccc(-c2nnn(CC(=O)OCc3ccccc3)n2)o1. The lowest BCUT2D eigenvalue weighted by molar-refractivity contribution is -0.146. The van der Waals surface area contributed by atoms with E-state index in [0.29, 0.717) is 11.6 Å². The van der Waals surface area contributed by atoms with E-state index in [-0.39, 0.29) is 13.2 Å². The first-order valence-corrected chi connectivity index (χ1v) is 6.75. The summed E-state index contributed by atoms with van der Waals surface area (Å²) in [6, 6.07) is 13.0. The van der Waals surface area contributed by atoms with Crippen LogP contribution in [0.15, 0.2) is 46.9 Å². The average Bonchev–Trinajstić information content (AvgIpc) is 3.15. The number of benzene rings is 1. The number of rotatable bonds is 5. The van der Waals surface area contributed by atoms with E-state index in [2.05, 4.69) is 15.4 Å². The standard InChI is InChI=1S/C15H14N4O3/c1-11-7-8-13(22-11)15-16-18-19(17-15)9-14(20)21-10-12-5-3-2-4-6-12/h2-8H,9-10H2,1H3. The first-order chi connectivity index (χ1) is 10.7. The quantitative estimate of drug-likeness (QED) is 0.670. The fourth-order valence-electron chi connectivity index (χ4n) is 1.86. The molecule has 112 valence electrons. The van der Waals surface area contributed by atoms with Gasteiger partial charge < -0.3 is 9.15 Å². The van der Waals surface area contributed by atoms with Gasteiger partial charge >= 0.3 is 5.97 Å². The van der Waals surface area contributed by atoms with Crippen LogP contribution in [0.5, 0.6) is 0 Å². The molecule has 3 rings (SSSR count). The van der Waals surface area contributed by atoms with Gasteiger partial charge in [-0.25, -0.2) is 4.79 Å². The zero-order valence-electron chi connectivity index (χ0n) is 12.0. The molecule has 7 nitrogen and oxygen atoms in total. The summed E-state index contributed by atoms with van der Waals surface area (Å²) in [5.41, 5.74) is 0.925. The van der Waals surface area contributed by atoms with E-state index in [4.69, 9.17) is 9.15 Å². The van der Waals surface area contributed by atoms with Crippen molar-refractivity contribution in [2.75, 3.05) is 0 Å². The minimum absolute atomic E-state index is 0.0977. The molecule has 0 spiro atoms. The molecular formula is C15H14N4O3. The van der Waals surface area contributed by atoms with Crippen LogP contribution in [0.4, 0.5) is 0 Å². The fraction of sp³-hybridized carbons (Fsp3) is 0.200. The van der Waals surface area contributed by atoms with Gasteiger partial charge in [0, 0.05) is 0 Å². The third-order valence-electron chi connectivity index (χ3n) is 2.93. The molecule has 0 atom stereocenters. The molecular weight excluding hydrogens is 284 g/mol. The molecule has 0 saturated heterocycles. The van der Waals surface area contributed by atoms with E-state index < -0.39 is 5.97 Å². The Morgan fingerprint density at radius 3 is 2.77 bits per heavy atom. The molecule has 0 aliphatic heterocycles. The highest BCUT2D eigenvalue weighted by atomic mass is 16.5. The molecule has 0 aliphatic carbocycles. The van der Waals surface area contributed by atoms with Gasteiger partial charge in [0.15, 0.2) is 12.3 Å². The van der Waals surface area contributed by atoms with Gasteiger partial charge in [0.25, 0.3) is 0 Å². The lowest BCUT2D eigenvalue weighted by Crippen LogP contribution is -2.15. The fourth-order valence-corrected chi connectivity index (χ4v) is 1.86. The number of ether oxygens (including phenoxy) is 1. The van der Waals surface area contributed by atoms with Gasteiger partial charge in [-0.1, -0.05) is 30.3 Å². The molecule has 3 aromatic rings. The largest absolute Gasteiger partial charge is 0.459 e. The van der Waals surface area contributed by atoms with Gasteiger partial charge in [0.05, 0.1) is 0 Å². The highest BCUT2D eigenvalue weighted by molar-refractivity contribution is 5.68. The lowest BCUT2D eigenvalue weighted by Gasteiger charge is -2.03. The summed E-state index contributed by atoms with van der Waals surface area (Å²) >= 11 is 0. The minimum atomic E-state index is -0.427. The van der Waals surface area contributed by atoms with Crippen LogP contribution < -0.4 is 0 Å². The maximum atomic E-state index is 11.8. The number of hydrogen-bond donors (Lipinski definition) is 0. The molecule has 0 saturated carbocycles. The third kappa shape index (κ3) is 3.38. The van der Waals surface area contributed by atoms with Crippen LogP contribution >= 0.6 is 0 Å². The Labute approximate surface area is 126 Å². The van der Waals surface area contributed by atoms with Crippen molar-refractivity contribution < 1.29 is 13.9 Å². The Hall–Kier alpha value is -2.96. The van der Waals surface area contributed by atoms with Crippen LogP contribution in [0, 0.1) is 6.92 Å². The average molecular weight is 298 g/mol. The molecule has 0 unspecified atom stereocenters. The normalized spacial score (nSPS) is 10.6. The topological polar surface area (TPSA) is 83.0 Å². The monoisotopic (exact) mass is 298 g/mol. The van der Waals surface area contributed by atoms with Crippen LogP contribution in [0.3, 0.4) is 0 Å². The molecule has 7 heteroatoms. The number of hydrogen-bond acceptors (Lipinski definition) is 6. The molecule has 2 aromatic heterocycles. The van der Waals surface area contributed by atoms with Gasteiger partial charge in [-0.05, 0) is 29.8 Å². The first kappa shape index (κ1) is 14.0. The Morgan fingerprint density at radius 1 is 1.23 bits per heavy atom. The summed E-state index contributed by atoms with van der Waals surface area (Å²) in [5, 5.41) is 11.8. The van der Waals surface area contributed by atoms with Crippen LogP contribution in [0.2, 0.25) is 0 Å². The van der Waals surface area contributed by atoms with Crippen molar-refractivity contribution in [2.45, 2.75) is 20.1 Å². The highest BCUT2D eigenvalue weighted by Gasteiger charge is 2.12. The van der Waals surface area contributed by atoms with Crippen LogP contribution in [0.1, 0.15) is 11.3 Å². The second-order valence-corrected chi connectivity index (χ2v) is 4.70. The number of carbonyl (C=O) groups is 1. The lowest BCUT2D eigenvalue weighted by atomic mass is 10.2. The predicted molar refractivity (Wildman–Crippen MR) is 76.5 cm³/mol. The van der Waals surface area contributed by atoms with Gasteiger partial charge in [0.2, 0.25) is 5.82 Å². The number of carbonyl (C=O) groups excluding carboxylic acids is 1. The van der Waals surface area contributed by atoms with Crippen LogP contribution in [-0.2, 0) is 22.7 Å². The Kier molecular flexibility index (Phi) is 3.95. The van der Waals surface area contributed by atoms with Crippen molar-refractivity contribution >= 4 is 5.97 Å². The molecule has 22 heavy (non-hydrogen) atoms. The number of furan rings is 1. The van der Waals surface area contributed by atoms with E-state index >= 15 is 0 Å². The summed E-state index contributed by atoms with van der Waals surface area (Å²) in [6.45, 7) is 1.95.